The van der Waals surface area contributed by atoms with Crippen LogP contribution < -0.4 is 22.1 Å². The van der Waals surface area contributed by atoms with Crippen LogP contribution in [0.1, 0.15) is 12.0 Å². The molecule has 124 valence electrons. The molecule has 0 fully saturated rings. The lowest BCUT2D eigenvalue weighted by molar-refractivity contribution is -0.131. The normalized spacial score (nSPS) is 12.7. The Balaban J connectivity index is 2.78. The summed E-state index contributed by atoms with van der Waals surface area (Å²) in [4.78, 5) is 44.9. The Hall–Kier alpha value is -3.10. The maximum absolute atomic E-state index is 12.0. The van der Waals surface area contributed by atoms with E-state index in [4.69, 9.17) is 11.5 Å². The van der Waals surface area contributed by atoms with E-state index < -0.39 is 36.2 Å². The maximum Gasteiger partial charge on any atom is 0.243 e. The first-order valence-corrected chi connectivity index (χ1v) is 6.69. The average molecular weight is 322 g/mol. The van der Waals surface area contributed by atoms with E-state index >= 15 is 0 Å². The molecule has 0 spiro atoms. The van der Waals surface area contributed by atoms with Crippen molar-refractivity contribution in [2.24, 2.45) is 11.5 Å². The molecule has 0 saturated heterocycles. The third-order valence-electron chi connectivity index (χ3n) is 3.03. The number of nitrogens with two attached hydrogens (primary N) is 2. The van der Waals surface area contributed by atoms with Crippen molar-refractivity contribution < 1.29 is 24.3 Å². The van der Waals surface area contributed by atoms with Gasteiger partial charge in [-0.15, -0.1) is 0 Å². The van der Waals surface area contributed by atoms with Gasteiger partial charge in [-0.3, -0.25) is 19.2 Å². The van der Waals surface area contributed by atoms with Gasteiger partial charge in [0.05, 0.1) is 6.42 Å². The standard InChI is InChI=1S/C14H18N4O5/c15-12(21)6-11(17-7-19)14(23)18-10(13(16)22)5-8-1-3-9(20)4-2-8/h1-4,7,10-11,20H,5-6H2,(H2,15,21)(H2,16,22)(H,17,19)(H,18,23)/t10-,11-/m0/s1. The predicted molar refractivity (Wildman–Crippen MR) is 79.7 cm³/mol. The smallest absolute Gasteiger partial charge is 0.243 e. The number of hydrogen-bond donors (Lipinski definition) is 5. The van der Waals surface area contributed by atoms with Crippen LogP contribution in [0.25, 0.3) is 0 Å². The summed E-state index contributed by atoms with van der Waals surface area (Å²) in [5.41, 5.74) is 10.9. The Labute approximate surface area is 132 Å². The van der Waals surface area contributed by atoms with Crippen LogP contribution in [0.2, 0.25) is 0 Å². The number of phenolic OH excluding ortho intramolecular Hbond substituents is 1. The van der Waals surface area contributed by atoms with Crippen molar-refractivity contribution in [2.75, 3.05) is 0 Å². The third kappa shape index (κ3) is 6.04. The van der Waals surface area contributed by atoms with Crippen LogP contribution in [0.5, 0.6) is 5.75 Å². The molecule has 0 unspecified atom stereocenters. The summed E-state index contributed by atoms with van der Waals surface area (Å²) in [5.74, 6) is -2.26. The van der Waals surface area contributed by atoms with E-state index in [0.717, 1.165) is 0 Å². The van der Waals surface area contributed by atoms with Crippen molar-refractivity contribution in [1.29, 1.82) is 0 Å². The number of carbonyl (C=O) groups excluding carboxylic acids is 4. The first-order valence-electron chi connectivity index (χ1n) is 6.69. The second-order valence-corrected chi connectivity index (χ2v) is 4.84. The molecule has 0 aromatic heterocycles. The lowest BCUT2D eigenvalue weighted by Gasteiger charge is -2.20. The first-order chi connectivity index (χ1) is 10.8. The van der Waals surface area contributed by atoms with E-state index in [1.807, 2.05) is 0 Å². The van der Waals surface area contributed by atoms with Gasteiger partial charge >= 0.3 is 0 Å². The van der Waals surface area contributed by atoms with E-state index in [2.05, 4.69) is 10.6 Å². The van der Waals surface area contributed by atoms with Crippen LogP contribution in [-0.4, -0.2) is 41.3 Å². The van der Waals surface area contributed by atoms with Crippen LogP contribution in [0.4, 0.5) is 0 Å². The number of phenols is 1. The Bertz CT molecular complexity index is 587. The van der Waals surface area contributed by atoms with Crippen molar-refractivity contribution in [3.63, 3.8) is 0 Å². The number of primary amides is 2. The zero-order valence-electron chi connectivity index (χ0n) is 12.2. The first kappa shape index (κ1) is 18.0. The zero-order valence-corrected chi connectivity index (χ0v) is 12.2. The van der Waals surface area contributed by atoms with Gasteiger partial charge in [-0.25, -0.2) is 0 Å². The topological polar surface area (TPSA) is 165 Å². The van der Waals surface area contributed by atoms with Gasteiger partial charge in [-0.2, -0.15) is 0 Å². The van der Waals surface area contributed by atoms with Crippen molar-refractivity contribution >= 4 is 24.1 Å². The van der Waals surface area contributed by atoms with Crippen molar-refractivity contribution in [3.05, 3.63) is 29.8 Å². The number of nitrogens with one attached hydrogen (secondary N) is 2. The fourth-order valence-electron chi connectivity index (χ4n) is 1.87. The highest BCUT2D eigenvalue weighted by Crippen LogP contribution is 2.11. The van der Waals surface area contributed by atoms with Gasteiger partial charge in [0.15, 0.2) is 0 Å². The van der Waals surface area contributed by atoms with Crippen LogP contribution in [-0.2, 0) is 25.6 Å². The molecule has 7 N–H and O–H groups in total. The fraction of sp³-hybridized carbons (Fsp3) is 0.286. The molecule has 0 heterocycles. The van der Waals surface area contributed by atoms with Gasteiger partial charge in [-0.05, 0) is 17.7 Å². The molecule has 1 aromatic carbocycles. The van der Waals surface area contributed by atoms with E-state index in [9.17, 15) is 24.3 Å². The van der Waals surface area contributed by atoms with Crippen molar-refractivity contribution in [2.45, 2.75) is 24.9 Å². The molecule has 2 atom stereocenters. The Morgan fingerprint density at radius 2 is 1.74 bits per heavy atom. The second-order valence-electron chi connectivity index (χ2n) is 4.84. The van der Waals surface area contributed by atoms with Crippen LogP contribution >= 0.6 is 0 Å². The quantitative estimate of drug-likeness (QED) is 0.328. The Morgan fingerprint density at radius 3 is 2.22 bits per heavy atom. The van der Waals surface area contributed by atoms with E-state index in [-0.39, 0.29) is 18.6 Å². The highest BCUT2D eigenvalue weighted by Gasteiger charge is 2.25. The van der Waals surface area contributed by atoms with E-state index in [0.29, 0.717) is 5.56 Å². The van der Waals surface area contributed by atoms with Crippen LogP contribution in [0.3, 0.4) is 0 Å². The van der Waals surface area contributed by atoms with Gasteiger partial charge < -0.3 is 27.2 Å². The van der Waals surface area contributed by atoms with Gasteiger partial charge in [-0.1, -0.05) is 12.1 Å². The monoisotopic (exact) mass is 322 g/mol. The minimum absolute atomic E-state index is 0.0603. The van der Waals surface area contributed by atoms with E-state index in [1.54, 1.807) is 12.1 Å². The predicted octanol–water partition coefficient (Wildman–Crippen LogP) is -2.11. The molecule has 0 aliphatic carbocycles. The molecule has 0 aliphatic rings. The Morgan fingerprint density at radius 1 is 1.13 bits per heavy atom. The summed E-state index contributed by atoms with van der Waals surface area (Å²) in [6.45, 7) is 0. The molecular formula is C14H18N4O5. The zero-order chi connectivity index (χ0) is 17.4. The minimum Gasteiger partial charge on any atom is -0.508 e. The number of carbonyl (C=O) groups is 4. The summed E-state index contributed by atoms with van der Waals surface area (Å²) in [6, 6.07) is 3.77. The molecule has 9 nitrogen and oxygen atoms in total. The third-order valence-corrected chi connectivity index (χ3v) is 3.03. The van der Waals surface area contributed by atoms with Crippen LogP contribution in [0, 0.1) is 0 Å². The number of aromatic hydroxyl groups is 1. The molecule has 1 aromatic rings. The minimum atomic E-state index is -1.19. The Kier molecular flexibility index (Phi) is 6.53. The van der Waals surface area contributed by atoms with Gasteiger partial charge in [0.1, 0.15) is 17.8 Å². The van der Waals surface area contributed by atoms with Gasteiger partial charge in [0, 0.05) is 6.42 Å². The molecule has 0 saturated carbocycles. The van der Waals surface area contributed by atoms with Crippen molar-refractivity contribution in [1.82, 2.24) is 10.6 Å². The van der Waals surface area contributed by atoms with Crippen molar-refractivity contribution in [3.8, 4) is 5.75 Å². The average Bonchev–Trinajstić information content (AvgIpc) is 2.47. The molecule has 23 heavy (non-hydrogen) atoms. The molecule has 9 heteroatoms. The van der Waals surface area contributed by atoms with Gasteiger partial charge in [0.2, 0.25) is 24.1 Å². The molecule has 0 aliphatic heterocycles. The fourth-order valence-corrected chi connectivity index (χ4v) is 1.87. The highest BCUT2D eigenvalue weighted by molar-refractivity contribution is 5.92. The molecular weight excluding hydrogens is 304 g/mol. The largest absolute Gasteiger partial charge is 0.508 e. The number of rotatable bonds is 9. The van der Waals surface area contributed by atoms with Gasteiger partial charge in [0.25, 0.3) is 0 Å². The summed E-state index contributed by atoms with van der Waals surface area (Å²) < 4.78 is 0. The highest BCUT2D eigenvalue weighted by atomic mass is 16.3. The number of benzene rings is 1. The number of amides is 4. The summed E-state index contributed by atoms with van der Waals surface area (Å²) in [5, 5.41) is 13.7. The molecule has 0 bridgehead atoms. The van der Waals surface area contributed by atoms with Crippen LogP contribution in [0.15, 0.2) is 24.3 Å². The maximum atomic E-state index is 12.0. The lowest BCUT2D eigenvalue weighted by atomic mass is 10.0. The summed E-state index contributed by atoms with van der Waals surface area (Å²) in [7, 11) is 0. The summed E-state index contributed by atoms with van der Waals surface area (Å²) >= 11 is 0. The SMILES string of the molecule is NC(=O)C[C@H](NC=O)C(=O)N[C@@H](Cc1ccc(O)cc1)C(N)=O. The number of hydrogen-bond acceptors (Lipinski definition) is 5. The van der Waals surface area contributed by atoms with E-state index in [1.165, 1.54) is 12.1 Å². The lowest BCUT2D eigenvalue weighted by Crippen LogP contribution is -2.53. The molecule has 1 rings (SSSR count). The summed E-state index contributed by atoms with van der Waals surface area (Å²) in [6.07, 6.45) is -0.0621. The molecule has 0 radical (unpaired) electrons. The molecule has 4 amide bonds. The second kappa shape index (κ2) is 8.37.